The van der Waals surface area contributed by atoms with Gasteiger partial charge in [0.15, 0.2) is 0 Å². The van der Waals surface area contributed by atoms with Gasteiger partial charge >= 0.3 is 0 Å². The van der Waals surface area contributed by atoms with Crippen molar-refractivity contribution < 1.29 is 9.59 Å². The molecule has 0 aromatic heterocycles. The number of anilines is 1. The summed E-state index contributed by atoms with van der Waals surface area (Å²) in [6, 6.07) is 7.77. The van der Waals surface area contributed by atoms with Crippen LogP contribution < -0.4 is 5.32 Å². The zero-order chi connectivity index (χ0) is 15.0. The van der Waals surface area contributed by atoms with E-state index < -0.39 is 0 Å². The maximum atomic E-state index is 11.9. The third-order valence-electron chi connectivity index (χ3n) is 3.21. The van der Waals surface area contributed by atoms with Crippen molar-refractivity contribution in [2.45, 2.75) is 40.0 Å². The maximum Gasteiger partial charge on any atom is 0.243 e. The molecule has 1 aromatic carbocycles. The quantitative estimate of drug-likeness (QED) is 0.832. The number of unbranched alkanes of at least 4 members (excludes halogenated alkanes) is 1. The highest BCUT2D eigenvalue weighted by atomic mass is 16.2. The van der Waals surface area contributed by atoms with E-state index in [0.717, 1.165) is 24.9 Å². The van der Waals surface area contributed by atoms with Gasteiger partial charge in [-0.25, -0.2) is 0 Å². The lowest BCUT2D eigenvalue weighted by Crippen LogP contribution is -2.37. The summed E-state index contributed by atoms with van der Waals surface area (Å²) in [5.41, 5.74) is 2.00. The van der Waals surface area contributed by atoms with Crippen molar-refractivity contribution >= 4 is 17.5 Å². The highest BCUT2D eigenvalue weighted by Crippen LogP contribution is 2.10. The molecule has 110 valence electrons. The number of carbonyl (C=O) groups is 2. The zero-order valence-corrected chi connectivity index (χ0v) is 12.6. The molecule has 0 radical (unpaired) electrons. The van der Waals surface area contributed by atoms with Crippen LogP contribution in [0.4, 0.5) is 5.69 Å². The second-order valence-electron chi connectivity index (χ2n) is 4.89. The first-order valence-electron chi connectivity index (χ1n) is 7.21. The molecule has 0 atom stereocenters. The Bertz CT molecular complexity index is 440. The van der Waals surface area contributed by atoms with Crippen LogP contribution in [-0.4, -0.2) is 29.8 Å². The molecular weight excluding hydrogens is 252 g/mol. The minimum atomic E-state index is -0.152. The Morgan fingerprint density at radius 1 is 1.15 bits per heavy atom. The number of aryl methyl sites for hydroxylation is 1. The molecule has 0 aliphatic heterocycles. The van der Waals surface area contributed by atoms with Crippen LogP contribution in [0.1, 0.15) is 39.2 Å². The number of nitrogens with one attached hydrogen (secondary N) is 1. The van der Waals surface area contributed by atoms with Crippen molar-refractivity contribution in [1.82, 2.24) is 4.90 Å². The molecule has 0 spiro atoms. The van der Waals surface area contributed by atoms with Gasteiger partial charge in [-0.15, -0.1) is 0 Å². The largest absolute Gasteiger partial charge is 0.334 e. The van der Waals surface area contributed by atoms with Gasteiger partial charge in [0.2, 0.25) is 11.8 Å². The summed E-state index contributed by atoms with van der Waals surface area (Å²) in [5.74, 6) is -0.213. The Kier molecular flexibility index (Phi) is 6.77. The molecule has 0 heterocycles. The summed E-state index contributed by atoms with van der Waals surface area (Å²) in [6.45, 7) is 6.40. The lowest BCUT2D eigenvalue weighted by molar-refractivity contribution is -0.132. The number of rotatable bonds is 7. The average Bonchev–Trinajstić information content (AvgIpc) is 2.44. The molecular formula is C16H24N2O2. The summed E-state index contributed by atoms with van der Waals surface area (Å²) >= 11 is 0. The van der Waals surface area contributed by atoms with E-state index >= 15 is 0 Å². The van der Waals surface area contributed by atoms with E-state index in [2.05, 4.69) is 19.2 Å². The number of amides is 2. The van der Waals surface area contributed by atoms with Crippen LogP contribution in [-0.2, 0) is 16.0 Å². The molecule has 0 saturated heterocycles. The van der Waals surface area contributed by atoms with Gasteiger partial charge in [-0.2, -0.15) is 0 Å². The molecule has 0 bridgehead atoms. The molecule has 0 aliphatic carbocycles. The van der Waals surface area contributed by atoms with E-state index in [1.807, 2.05) is 24.3 Å². The molecule has 1 rings (SSSR count). The number of carbonyl (C=O) groups excluding carboxylic acids is 2. The van der Waals surface area contributed by atoms with Crippen molar-refractivity contribution in [2.75, 3.05) is 18.4 Å². The van der Waals surface area contributed by atoms with Crippen LogP contribution in [0, 0.1) is 0 Å². The van der Waals surface area contributed by atoms with E-state index in [4.69, 9.17) is 0 Å². The van der Waals surface area contributed by atoms with Crippen LogP contribution in [0.3, 0.4) is 0 Å². The molecule has 4 nitrogen and oxygen atoms in total. The lowest BCUT2D eigenvalue weighted by atomic mass is 10.1. The first-order valence-corrected chi connectivity index (χ1v) is 7.21. The van der Waals surface area contributed by atoms with Gasteiger partial charge in [-0.05, 0) is 30.5 Å². The molecule has 2 amide bonds. The second-order valence-corrected chi connectivity index (χ2v) is 4.89. The maximum absolute atomic E-state index is 11.9. The molecule has 0 saturated carbocycles. The van der Waals surface area contributed by atoms with E-state index in [1.54, 1.807) is 4.90 Å². The molecule has 0 fully saturated rings. The van der Waals surface area contributed by atoms with Crippen molar-refractivity contribution in [3.05, 3.63) is 29.8 Å². The minimum absolute atomic E-state index is 0.0602. The van der Waals surface area contributed by atoms with Crippen LogP contribution >= 0.6 is 0 Å². The van der Waals surface area contributed by atoms with Crippen LogP contribution in [0.25, 0.3) is 0 Å². The number of nitrogens with zero attached hydrogens (tertiary/aromatic N) is 1. The number of benzene rings is 1. The highest BCUT2D eigenvalue weighted by molar-refractivity contribution is 5.94. The minimum Gasteiger partial charge on any atom is -0.334 e. The Morgan fingerprint density at radius 3 is 2.30 bits per heavy atom. The van der Waals surface area contributed by atoms with E-state index in [9.17, 15) is 9.59 Å². The number of hydrogen-bond acceptors (Lipinski definition) is 2. The van der Waals surface area contributed by atoms with Gasteiger partial charge in [0.1, 0.15) is 0 Å². The van der Waals surface area contributed by atoms with Gasteiger partial charge in [0.05, 0.1) is 6.54 Å². The van der Waals surface area contributed by atoms with Gasteiger partial charge in [0.25, 0.3) is 0 Å². The predicted molar refractivity (Wildman–Crippen MR) is 81.6 cm³/mol. The molecule has 20 heavy (non-hydrogen) atoms. The first-order chi connectivity index (χ1) is 9.56. The van der Waals surface area contributed by atoms with Crippen molar-refractivity contribution in [1.29, 1.82) is 0 Å². The van der Waals surface area contributed by atoms with Gasteiger partial charge in [0, 0.05) is 19.2 Å². The third kappa shape index (κ3) is 5.43. The molecule has 1 aromatic rings. The van der Waals surface area contributed by atoms with E-state index in [0.29, 0.717) is 6.54 Å². The van der Waals surface area contributed by atoms with Gasteiger partial charge in [-0.3, -0.25) is 9.59 Å². The standard InChI is InChI=1S/C16H24N2O2/c1-4-6-11-18(13(3)19)12-16(20)17-15-9-7-14(5-2)8-10-15/h7-10H,4-6,11-12H2,1-3H3,(H,17,20). The first kappa shape index (κ1) is 16.2. The summed E-state index contributed by atoms with van der Waals surface area (Å²) in [7, 11) is 0. The fourth-order valence-electron chi connectivity index (χ4n) is 1.89. The molecule has 4 heteroatoms. The normalized spacial score (nSPS) is 10.2. The van der Waals surface area contributed by atoms with E-state index in [-0.39, 0.29) is 18.4 Å². The SMILES string of the molecule is CCCCN(CC(=O)Nc1ccc(CC)cc1)C(C)=O. The van der Waals surface area contributed by atoms with Crippen molar-refractivity contribution in [2.24, 2.45) is 0 Å². The highest BCUT2D eigenvalue weighted by Gasteiger charge is 2.12. The Morgan fingerprint density at radius 2 is 1.80 bits per heavy atom. The van der Waals surface area contributed by atoms with E-state index in [1.165, 1.54) is 12.5 Å². The second kappa shape index (κ2) is 8.35. The van der Waals surface area contributed by atoms with Crippen LogP contribution in [0.5, 0.6) is 0 Å². The van der Waals surface area contributed by atoms with Crippen molar-refractivity contribution in [3.8, 4) is 0 Å². The smallest absolute Gasteiger partial charge is 0.243 e. The van der Waals surface area contributed by atoms with Crippen molar-refractivity contribution in [3.63, 3.8) is 0 Å². The Hall–Kier alpha value is -1.84. The van der Waals surface area contributed by atoms with Gasteiger partial charge in [-0.1, -0.05) is 32.4 Å². The Labute approximate surface area is 121 Å². The number of hydrogen-bond donors (Lipinski definition) is 1. The third-order valence-corrected chi connectivity index (χ3v) is 3.21. The zero-order valence-electron chi connectivity index (χ0n) is 12.6. The van der Waals surface area contributed by atoms with Crippen LogP contribution in [0.15, 0.2) is 24.3 Å². The van der Waals surface area contributed by atoms with Gasteiger partial charge < -0.3 is 10.2 Å². The molecule has 0 unspecified atom stereocenters. The lowest BCUT2D eigenvalue weighted by Gasteiger charge is -2.20. The molecule has 0 aliphatic rings. The van der Waals surface area contributed by atoms with Crippen LogP contribution in [0.2, 0.25) is 0 Å². The Balaban J connectivity index is 2.53. The fourth-order valence-corrected chi connectivity index (χ4v) is 1.89. The predicted octanol–water partition coefficient (Wildman–Crippen LogP) is 2.84. The summed E-state index contributed by atoms with van der Waals surface area (Å²) in [4.78, 5) is 25.0. The average molecular weight is 276 g/mol. The fraction of sp³-hybridized carbons (Fsp3) is 0.500. The summed E-state index contributed by atoms with van der Waals surface area (Å²) in [6.07, 6.45) is 2.89. The molecule has 1 N–H and O–H groups in total. The topological polar surface area (TPSA) is 49.4 Å². The monoisotopic (exact) mass is 276 g/mol. The summed E-state index contributed by atoms with van der Waals surface area (Å²) in [5, 5.41) is 2.82. The summed E-state index contributed by atoms with van der Waals surface area (Å²) < 4.78 is 0.